The number of hydrogen-bond donors (Lipinski definition) is 0. The Labute approximate surface area is 161 Å². The summed E-state index contributed by atoms with van der Waals surface area (Å²) in [5.74, 6) is -0.111. The number of hydrogen-bond acceptors (Lipinski definition) is 3. The van der Waals surface area contributed by atoms with Gasteiger partial charge in [-0.1, -0.05) is 11.6 Å². The second-order valence-electron chi connectivity index (χ2n) is 6.84. The molecule has 144 valence electrons. The van der Waals surface area contributed by atoms with Crippen molar-refractivity contribution in [3.63, 3.8) is 0 Å². The Balaban J connectivity index is 1.76. The molecule has 4 rings (SSSR count). The Hall–Kier alpha value is -2.86. The molecule has 1 fully saturated rings. The summed E-state index contributed by atoms with van der Waals surface area (Å²) in [6.07, 6.45) is -3.90. The van der Waals surface area contributed by atoms with Crippen molar-refractivity contribution in [1.29, 1.82) is 5.26 Å². The van der Waals surface area contributed by atoms with Crippen molar-refractivity contribution in [2.24, 2.45) is 5.92 Å². The van der Waals surface area contributed by atoms with Crippen LogP contribution in [0.5, 0.6) is 0 Å². The van der Waals surface area contributed by atoms with Crippen LogP contribution in [0.2, 0.25) is 5.15 Å². The van der Waals surface area contributed by atoms with E-state index in [4.69, 9.17) is 16.9 Å². The number of pyridine rings is 1. The van der Waals surface area contributed by atoms with E-state index in [2.05, 4.69) is 16.2 Å². The van der Waals surface area contributed by atoms with Gasteiger partial charge in [0.2, 0.25) is 0 Å². The van der Waals surface area contributed by atoms with Crippen molar-refractivity contribution in [3.8, 4) is 6.07 Å². The van der Waals surface area contributed by atoms with Gasteiger partial charge in [0.25, 0.3) is 5.65 Å². The molecule has 3 heterocycles. The van der Waals surface area contributed by atoms with Gasteiger partial charge >= 0.3 is 11.7 Å². The molecule has 0 aromatic carbocycles. The molecule has 6 nitrogen and oxygen atoms in total. The molecule has 2 atom stereocenters. The third-order valence-electron chi connectivity index (χ3n) is 4.83. The van der Waals surface area contributed by atoms with Crippen LogP contribution in [0, 0.1) is 24.2 Å². The molecule has 28 heavy (non-hydrogen) atoms. The summed E-state index contributed by atoms with van der Waals surface area (Å²) in [4.78, 5) is 15.8. The molecule has 0 saturated heterocycles. The summed E-state index contributed by atoms with van der Waals surface area (Å²) in [5.41, 5.74) is 1.13. The van der Waals surface area contributed by atoms with Gasteiger partial charge in [0, 0.05) is 18.1 Å². The minimum absolute atomic E-state index is 0.000513. The molecule has 1 saturated carbocycles. The van der Waals surface area contributed by atoms with E-state index < -0.39 is 11.9 Å². The van der Waals surface area contributed by atoms with Gasteiger partial charge in [0.15, 0.2) is 5.69 Å². The van der Waals surface area contributed by atoms with E-state index in [0.29, 0.717) is 17.8 Å². The van der Waals surface area contributed by atoms with Crippen molar-refractivity contribution >= 4 is 17.2 Å². The molecule has 1 aliphatic rings. The maximum atomic E-state index is 12.8. The third-order valence-corrected chi connectivity index (χ3v) is 5.14. The fourth-order valence-corrected chi connectivity index (χ4v) is 3.61. The molecule has 1 aliphatic carbocycles. The predicted octanol–water partition coefficient (Wildman–Crippen LogP) is 2.97. The standard InChI is InChI=1S/C18H13ClF3N5O/c1-9-2-3-15-24-11(8-26-14(19)6-13(25-26)18(20,21)22)5-16(28)27(15)17(9)12-4-10(12)7-23/h2-3,5-6,10,12H,4,8H2,1H3/p+1/t10-,12+/m0/s1. The molecule has 3 aromatic heterocycles. The number of nitrogens with one attached hydrogen (secondary N) is 1. The largest absolute Gasteiger partial charge is 0.435 e. The molecule has 0 aliphatic heterocycles. The molecule has 0 radical (unpaired) electrons. The van der Waals surface area contributed by atoms with Crippen LogP contribution < -0.4 is 10.5 Å². The lowest BCUT2D eigenvalue weighted by molar-refractivity contribution is -0.364. The van der Waals surface area contributed by atoms with Crippen LogP contribution in [-0.4, -0.2) is 14.2 Å². The first kappa shape index (κ1) is 18.5. The van der Waals surface area contributed by atoms with E-state index in [9.17, 15) is 18.0 Å². The quantitative estimate of drug-likeness (QED) is 0.668. The van der Waals surface area contributed by atoms with Gasteiger partial charge < -0.3 is 0 Å². The second-order valence-corrected chi connectivity index (χ2v) is 7.23. The van der Waals surface area contributed by atoms with Crippen LogP contribution in [0.25, 0.3) is 5.65 Å². The number of aromatic amines is 1. The maximum Gasteiger partial charge on any atom is 0.435 e. The van der Waals surface area contributed by atoms with Crippen LogP contribution in [-0.2, 0) is 12.7 Å². The average Bonchev–Trinajstić information content (AvgIpc) is 3.30. The summed E-state index contributed by atoms with van der Waals surface area (Å²) in [7, 11) is 0. The number of aryl methyl sites for hydroxylation is 1. The SMILES string of the molecule is Cc1ccc2[nH+]c(Cn3nc(C(F)(F)F)cc3Cl)cc(=O)n2c1[C@@H]1C[C@H]1C#N. The summed E-state index contributed by atoms with van der Waals surface area (Å²) >= 11 is 5.86. The van der Waals surface area contributed by atoms with Crippen LogP contribution in [0.15, 0.2) is 29.1 Å². The second kappa shape index (κ2) is 6.34. The lowest BCUT2D eigenvalue weighted by Crippen LogP contribution is -2.29. The number of alkyl halides is 3. The van der Waals surface area contributed by atoms with Gasteiger partial charge in [-0.05, 0) is 25.0 Å². The first-order valence-electron chi connectivity index (χ1n) is 8.46. The van der Waals surface area contributed by atoms with Gasteiger partial charge in [-0.3, -0.25) is 0 Å². The van der Waals surface area contributed by atoms with Crippen LogP contribution in [0.3, 0.4) is 0 Å². The Morgan fingerprint density at radius 3 is 2.75 bits per heavy atom. The topological polar surface area (TPSA) is 77.2 Å². The molecular formula is C18H14ClF3N5O+. The number of H-pyrrole nitrogens is 1. The summed E-state index contributed by atoms with van der Waals surface area (Å²) < 4.78 is 40.9. The molecule has 0 spiro atoms. The molecule has 1 N–H and O–H groups in total. The molecule has 0 amide bonds. The first-order chi connectivity index (χ1) is 13.2. The number of halogens is 4. The Bertz CT molecular complexity index is 1190. The highest BCUT2D eigenvalue weighted by molar-refractivity contribution is 6.29. The van der Waals surface area contributed by atoms with Crippen molar-refractivity contribution < 1.29 is 18.2 Å². The van der Waals surface area contributed by atoms with Crippen molar-refractivity contribution in [1.82, 2.24) is 14.2 Å². The molecular weight excluding hydrogens is 395 g/mol. The van der Waals surface area contributed by atoms with Crippen molar-refractivity contribution in [2.75, 3.05) is 0 Å². The normalized spacial score (nSPS) is 19.0. The van der Waals surface area contributed by atoms with E-state index >= 15 is 0 Å². The van der Waals surface area contributed by atoms with E-state index in [1.165, 1.54) is 10.5 Å². The third kappa shape index (κ3) is 3.14. The lowest BCUT2D eigenvalue weighted by Gasteiger charge is -2.07. The number of nitrogens with zero attached hydrogens (tertiary/aromatic N) is 4. The van der Waals surface area contributed by atoms with E-state index in [1.54, 1.807) is 6.07 Å². The number of rotatable bonds is 3. The highest BCUT2D eigenvalue weighted by Gasteiger charge is 2.43. The zero-order valence-electron chi connectivity index (χ0n) is 14.6. The molecule has 0 unspecified atom stereocenters. The zero-order chi connectivity index (χ0) is 20.2. The fraction of sp³-hybridized carbons (Fsp3) is 0.333. The monoisotopic (exact) mass is 408 g/mol. The Morgan fingerprint density at radius 1 is 1.39 bits per heavy atom. The zero-order valence-corrected chi connectivity index (χ0v) is 15.3. The number of aromatic nitrogens is 4. The van der Waals surface area contributed by atoms with E-state index in [1.807, 2.05) is 13.0 Å². The van der Waals surface area contributed by atoms with E-state index in [0.717, 1.165) is 22.0 Å². The molecule has 3 aromatic rings. The highest BCUT2D eigenvalue weighted by atomic mass is 35.5. The molecule has 0 bridgehead atoms. The summed E-state index contributed by atoms with van der Waals surface area (Å²) in [6.45, 7) is 1.76. The van der Waals surface area contributed by atoms with Gasteiger partial charge in [0.1, 0.15) is 23.1 Å². The minimum Gasteiger partial charge on any atom is -0.245 e. The maximum absolute atomic E-state index is 12.8. The minimum atomic E-state index is -4.60. The summed E-state index contributed by atoms with van der Waals surface area (Å²) in [5, 5.41) is 12.4. The summed E-state index contributed by atoms with van der Waals surface area (Å²) in [6, 6.07) is 7.84. The van der Waals surface area contributed by atoms with Crippen LogP contribution >= 0.6 is 11.6 Å². The molecule has 10 heteroatoms. The smallest absolute Gasteiger partial charge is 0.245 e. The Morgan fingerprint density at radius 2 is 2.14 bits per heavy atom. The Kier molecular flexibility index (Phi) is 4.19. The van der Waals surface area contributed by atoms with Gasteiger partial charge in [-0.15, -0.1) is 0 Å². The predicted molar refractivity (Wildman–Crippen MR) is 92.8 cm³/mol. The number of fused-ring (bicyclic) bond motifs is 1. The van der Waals surface area contributed by atoms with Gasteiger partial charge in [-0.25, -0.2) is 14.5 Å². The lowest BCUT2D eigenvalue weighted by atomic mass is 10.1. The van der Waals surface area contributed by atoms with Gasteiger partial charge in [-0.2, -0.15) is 27.9 Å². The van der Waals surface area contributed by atoms with E-state index in [-0.39, 0.29) is 29.1 Å². The van der Waals surface area contributed by atoms with Crippen LogP contribution in [0.4, 0.5) is 13.2 Å². The first-order valence-corrected chi connectivity index (χ1v) is 8.84. The highest BCUT2D eigenvalue weighted by Crippen LogP contribution is 2.47. The fourth-order valence-electron chi connectivity index (χ4n) is 3.41. The van der Waals surface area contributed by atoms with Crippen LogP contribution in [0.1, 0.15) is 35.0 Å². The van der Waals surface area contributed by atoms with Gasteiger partial charge in [0.05, 0.1) is 18.1 Å². The van der Waals surface area contributed by atoms with Crippen molar-refractivity contribution in [2.45, 2.75) is 32.0 Å². The average molecular weight is 409 g/mol. The van der Waals surface area contributed by atoms with Crippen molar-refractivity contribution in [3.05, 3.63) is 62.4 Å². The number of nitriles is 1.